The highest BCUT2D eigenvalue weighted by atomic mass is 32.2. The summed E-state index contributed by atoms with van der Waals surface area (Å²) in [6, 6.07) is 4.05. The Labute approximate surface area is 126 Å². The molecule has 0 aliphatic carbocycles. The predicted molar refractivity (Wildman–Crippen MR) is 83.5 cm³/mol. The Morgan fingerprint density at radius 3 is 2.65 bits per heavy atom. The van der Waals surface area contributed by atoms with Gasteiger partial charge in [0.2, 0.25) is 0 Å². The van der Waals surface area contributed by atoms with Crippen molar-refractivity contribution in [2.45, 2.75) is 50.9 Å². The zero-order valence-corrected chi connectivity index (χ0v) is 14.3. The first-order chi connectivity index (χ1) is 9.21. The summed E-state index contributed by atoms with van der Waals surface area (Å²) in [4.78, 5) is 1.07. The highest BCUT2D eigenvalue weighted by molar-refractivity contribution is 7.91. The van der Waals surface area contributed by atoms with Crippen molar-refractivity contribution in [3.05, 3.63) is 17.0 Å². The van der Waals surface area contributed by atoms with E-state index in [0.29, 0.717) is 23.3 Å². The molecule has 1 N–H and O–H groups in total. The molecule has 1 fully saturated rings. The quantitative estimate of drug-likeness (QED) is 0.908. The van der Waals surface area contributed by atoms with Crippen LogP contribution in [0.15, 0.2) is 16.3 Å². The van der Waals surface area contributed by atoms with E-state index in [-0.39, 0.29) is 5.41 Å². The van der Waals surface area contributed by atoms with Crippen molar-refractivity contribution in [2.24, 2.45) is 5.41 Å². The number of hydrogen-bond acceptors (Lipinski definition) is 4. The van der Waals surface area contributed by atoms with Gasteiger partial charge in [0.1, 0.15) is 4.21 Å². The van der Waals surface area contributed by atoms with Gasteiger partial charge < -0.3 is 5.32 Å². The molecule has 114 valence electrons. The molecular weight excluding hydrogens is 292 g/mol. The molecule has 0 atom stereocenters. The van der Waals surface area contributed by atoms with Crippen LogP contribution in [0.5, 0.6) is 0 Å². The third kappa shape index (κ3) is 3.61. The fraction of sp³-hybridized carbons (Fsp3) is 0.714. The van der Waals surface area contributed by atoms with Crippen LogP contribution < -0.4 is 5.32 Å². The van der Waals surface area contributed by atoms with Crippen LogP contribution in [0, 0.1) is 5.41 Å². The van der Waals surface area contributed by atoms with Crippen molar-refractivity contribution in [1.82, 2.24) is 9.62 Å². The van der Waals surface area contributed by atoms with E-state index in [4.69, 9.17) is 0 Å². The number of nitrogens with one attached hydrogen (secondary N) is 1. The molecule has 20 heavy (non-hydrogen) atoms. The molecule has 4 nitrogen and oxygen atoms in total. The zero-order chi connectivity index (χ0) is 15.0. The Balaban J connectivity index is 2.11. The first-order valence-corrected chi connectivity index (χ1v) is 9.29. The maximum atomic E-state index is 12.6. The number of hydrogen-bond donors (Lipinski definition) is 1. The van der Waals surface area contributed by atoms with Gasteiger partial charge in [-0.15, -0.1) is 11.3 Å². The summed E-state index contributed by atoms with van der Waals surface area (Å²) in [5.41, 5.74) is 0.0896. The number of sulfonamides is 1. The second kappa shape index (κ2) is 5.75. The van der Waals surface area contributed by atoms with Gasteiger partial charge in [-0.25, -0.2) is 8.42 Å². The van der Waals surface area contributed by atoms with E-state index in [9.17, 15) is 8.42 Å². The minimum atomic E-state index is -3.30. The fourth-order valence-electron chi connectivity index (χ4n) is 2.29. The Kier molecular flexibility index (Phi) is 4.59. The summed E-state index contributed by atoms with van der Waals surface area (Å²) < 4.78 is 27.3. The zero-order valence-electron chi connectivity index (χ0n) is 12.6. The van der Waals surface area contributed by atoms with Crippen molar-refractivity contribution in [3.63, 3.8) is 0 Å². The van der Waals surface area contributed by atoms with Crippen LogP contribution in [-0.2, 0) is 16.6 Å². The second-order valence-corrected chi connectivity index (χ2v) is 9.84. The lowest BCUT2D eigenvalue weighted by Gasteiger charge is -2.18. The van der Waals surface area contributed by atoms with Gasteiger partial charge in [-0.05, 0) is 24.0 Å². The van der Waals surface area contributed by atoms with Crippen molar-refractivity contribution in [3.8, 4) is 0 Å². The summed E-state index contributed by atoms with van der Waals surface area (Å²) in [6.07, 6.45) is 0.930. The molecule has 0 aromatic carbocycles. The van der Waals surface area contributed by atoms with E-state index < -0.39 is 10.0 Å². The van der Waals surface area contributed by atoms with Gasteiger partial charge in [0.05, 0.1) is 0 Å². The van der Waals surface area contributed by atoms with Crippen LogP contribution in [0.4, 0.5) is 0 Å². The standard InChI is InChI=1S/C14H24N2O2S2/c1-11(2)15-9-12-5-6-13(19-12)20(17,18)16-8-7-14(3,4)10-16/h5-6,11,15H,7-10H2,1-4H3. The highest BCUT2D eigenvalue weighted by Crippen LogP contribution is 2.34. The van der Waals surface area contributed by atoms with E-state index >= 15 is 0 Å². The van der Waals surface area contributed by atoms with Gasteiger partial charge in [-0.1, -0.05) is 27.7 Å². The normalized spacial score (nSPS) is 19.9. The van der Waals surface area contributed by atoms with Crippen molar-refractivity contribution < 1.29 is 8.42 Å². The molecule has 1 aliphatic heterocycles. The first-order valence-electron chi connectivity index (χ1n) is 7.03. The van der Waals surface area contributed by atoms with Crippen LogP contribution in [-0.4, -0.2) is 31.9 Å². The Bertz CT molecular complexity index is 561. The molecule has 1 aliphatic rings. The molecule has 2 rings (SSSR count). The van der Waals surface area contributed by atoms with Gasteiger partial charge in [0, 0.05) is 30.6 Å². The molecule has 0 saturated carbocycles. The van der Waals surface area contributed by atoms with Crippen molar-refractivity contribution >= 4 is 21.4 Å². The number of rotatable bonds is 5. The smallest absolute Gasteiger partial charge is 0.252 e. The van der Waals surface area contributed by atoms with Crippen molar-refractivity contribution in [1.29, 1.82) is 0 Å². The van der Waals surface area contributed by atoms with Crippen molar-refractivity contribution in [2.75, 3.05) is 13.1 Å². The lowest BCUT2D eigenvalue weighted by atomic mass is 9.93. The molecule has 0 bridgehead atoms. The SMILES string of the molecule is CC(C)NCc1ccc(S(=O)(=O)N2CCC(C)(C)C2)s1. The molecule has 0 spiro atoms. The number of thiophene rings is 1. The molecular formula is C14H24N2O2S2. The Morgan fingerprint density at radius 1 is 1.40 bits per heavy atom. The largest absolute Gasteiger partial charge is 0.310 e. The van der Waals surface area contributed by atoms with Crippen LogP contribution in [0.2, 0.25) is 0 Å². The Hall–Kier alpha value is -0.430. The van der Waals surface area contributed by atoms with Crippen LogP contribution in [0.3, 0.4) is 0 Å². The van der Waals surface area contributed by atoms with Gasteiger partial charge in [0.25, 0.3) is 10.0 Å². The van der Waals surface area contributed by atoms with E-state index in [2.05, 4.69) is 33.0 Å². The fourth-order valence-corrected chi connectivity index (χ4v) is 5.38. The third-order valence-corrected chi connectivity index (χ3v) is 6.96. The summed E-state index contributed by atoms with van der Waals surface area (Å²) in [5.74, 6) is 0. The highest BCUT2D eigenvalue weighted by Gasteiger charge is 2.37. The summed E-state index contributed by atoms with van der Waals surface area (Å²) in [5, 5.41) is 3.31. The first kappa shape index (κ1) is 15.9. The lowest BCUT2D eigenvalue weighted by molar-refractivity contribution is 0.376. The Morgan fingerprint density at radius 2 is 2.10 bits per heavy atom. The third-order valence-electron chi connectivity index (χ3n) is 3.56. The second-order valence-electron chi connectivity index (χ2n) is 6.51. The topological polar surface area (TPSA) is 49.4 Å². The molecule has 6 heteroatoms. The van der Waals surface area contributed by atoms with E-state index in [1.807, 2.05) is 6.07 Å². The summed E-state index contributed by atoms with van der Waals surface area (Å²) in [7, 11) is -3.30. The van der Waals surface area contributed by atoms with Gasteiger partial charge in [-0.3, -0.25) is 0 Å². The van der Waals surface area contributed by atoms with Gasteiger partial charge in [-0.2, -0.15) is 4.31 Å². The maximum Gasteiger partial charge on any atom is 0.252 e. The van der Waals surface area contributed by atoms with Crippen LogP contribution in [0.1, 0.15) is 39.0 Å². The average molecular weight is 316 g/mol. The monoisotopic (exact) mass is 316 g/mol. The minimum absolute atomic E-state index is 0.0896. The summed E-state index contributed by atoms with van der Waals surface area (Å²) in [6.45, 7) is 10.4. The van der Waals surface area contributed by atoms with E-state index in [0.717, 1.165) is 17.8 Å². The molecule has 2 heterocycles. The molecule has 1 aromatic rings. The van der Waals surface area contributed by atoms with E-state index in [1.165, 1.54) is 11.3 Å². The van der Waals surface area contributed by atoms with Gasteiger partial charge in [0.15, 0.2) is 0 Å². The predicted octanol–water partition coefficient (Wildman–Crippen LogP) is 2.67. The molecule has 1 aromatic heterocycles. The summed E-state index contributed by atoms with van der Waals surface area (Å²) >= 11 is 1.38. The molecule has 1 saturated heterocycles. The molecule has 0 unspecified atom stereocenters. The maximum absolute atomic E-state index is 12.6. The molecule has 0 radical (unpaired) electrons. The lowest BCUT2D eigenvalue weighted by Crippen LogP contribution is -2.29. The van der Waals surface area contributed by atoms with Gasteiger partial charge >= 0.3 is 0 Å². The van der Waals surface area contributed by atoms with Crippen LogP contribution >= 0.6 is 11.3 Å². The van der Waals surface area contributed by atoms with Crippen LogP contribution in [0.25, 0.3) is 0 Å². The molecule has 0 amide bonds. The average Bonchev–Trinajstić information content (AvgIpc) is 2.93. The minimum Gasteiger partial charge on any atom is -0.310 e. The van der Waals surface area contributed by atoms with E-state index in [1.54, 1.807) is 10.4 Å². The number of nitrogens with zero attached hydrogens (tertiary/aromatic N) is 1.